The van der Waals surface area contributed by atoms with Crippen molar-refractivity contribution < 1.29 is 9.53 Å². The average Bonchev–Trinajstić information content (AvgIpc) is 2.92. The van der Waals surface area contributed by atoms with Crippen molar-refractivity contribution in [2.24, 2.45) is 0 Å². The van der Waals surface area contributed by atoms with Gasteiger partial charge in [0, 0.05) is 36.5 Å². The molecule has 0 aliphatic carbocycles. The van der Waals surface area contributed by atoms with Crippen LogP contribution in [0.1, 0.15) is 50.7 Å². The molecule has 1 saturated heterocycles. The van der Waals surface area contributed by atoms with Crippen LogP contribution in [0.15, 0.2) is 41.3 Å². The largest absolute Gasteiger partial charge is 0.444 e. The van der Waals surface area contributed by atoms with E-state index >= 15 is 0 Å². The number of fused-ring (bicyclic) bond motifs is 3. The van der Waals surface area contributed by atoms with Crippen molar-refractivity contribution >= 4 is 23.5 Å². The van der Waals surface area contributed by atoms with Gasteiger partial charge in [-0.2, -0.15) is 5.26 Å². The topological polar surface area (TPSA) is 56.6 Å². The molecule has 3 heterocycles. The lowest BCUT2D eigenvalue weighted by Gasteiger charge is -2.39. The maximum absolute atomic E-state index is 12.8. The molecule has 0 aromatic heterocycles. The van der Waals surface area contributed by atoms with Gasteiger partial charge in [0.25, 0.3) is 0 Å². The summed E-state index contributed by atoms with van der Waals surface area (Å²) in [7, 11) is 0. The van der Waals surface area contributed by atoms with Crippen LogP contribution in [0, 0.1) is 11.3 Å². The summed E-state index contributed by atoms with van der Waals surface area (Å²) in [6.07, 6.45) is 1.91. The second-order valence-electron chi connectivity index (χ2n) is 9.89. The molecule has 0 unspecified atom stereocenters. The summed E-state index contributed by atoms with van der Waals surface area (Å²) in [4.78, 5) is 18.6. The molecular weight excluding hydrogens is 418 g/mol. The highest BCUT2D eigenvalue weighted by atomic mass is 32.2. The summed E-state index contributed by atoms with van der Waals surface area (Å²) in [5.41, 5.74) is 5.12. The van der Waals surface area contributed by atoms with Crippen LogP contribution in [-0.2, 0) is 4.74 Å². The van der Waals surface area contributed by atoms with E-state index in [9.17, 15) is 10.1 Å². The summed E-state index contributed by atoms with van der Waals surface area (Å²) < 4.78 is 5.68. The van der Waals surface area contributed by atoms with Crippen LogP contribution in [-0.4, -0.2) is 48.0 Å². The first-order valence-corrected chi connectivity index (χ1v) is 12.4. The molecule has 166 valence electrons. The number of carbonyl (C=O) groups is 1. The number of thioether (sulfide) groups is 1. The van der Waals surface area contributed by atoms with Crippen LogP contribution < -0.4 is 4.90 Å². The lowest BCUT2D eigenvalue weighted by atomic mass is 9.87. The first kappa shape index (κ1) is 21.2. The van der Waals surface area contributed by atoms with Crippen molar-refractivity contribution in [3.63, 3.8) is 0 Å². The van der Waals surface area contributed by atoms with Gasteiger partial charge in [-0.25, -0.2) is 4.79 Å². The molecule has 2 atom stereocenters. The lowest BCUT2D eigenvalue weighted by molar-refractivity contribution is 0.0189. The zero-order valence-electron chi connectivity index (χ0n) is 18.9. The Morgan fingerprint density at radius 2 is 2.03 bits per heavy atom. The molecule has 0 spiro atoms. The normalized spacial score (nSPS) is 21.9. The second kappa shape index (κ2) is 8.04. The monoisotopic (exact) mass is 447 g/mol. The van der Waals surface area contributed by atoms with E-state index in [4.69, 9.17) is 4.74 Å². The Hall–Kier alpha value is -2.65. The van der Waals surface area contributed by atoms with Gasteiger partial charge < -0.3 is 14.5 Å². The highest BCUT2D eigenvalue weighted by Crippen LogP contribution is 2.52. The second-order valence-corrected chi connectivity index (χ2v) is 11.0. The van der Waals surface area contributed by atoms with E-state index in [2.05, 4.69) is 29.2 Å². The highest BCUT2D eigenvalue weighted by molar-refractivity contribution is 7.99. The highest BCUT2D eigenvalue weighted by Gasteiger charge is 2.45. The van der Waals surface area contributed by atoms with Gasteiger partial charge in [-0.1, -0.05) is 12.1 Å². The van der Waals surface area contributed by atoms with Gasteiger partial charge in [-0.15, -0.1) is 11.8 Å². The Bertz CT molecular complexity index is 1100. The molecule has 0 radical (unpaired) electrons. The molecule has 2 aromatic rings. The molecule has 3 aliphatic heterocycles. The van der Waals surface area contributed by atoms with Crippen molar-refractivity contribution in [3.8, 4) is 17.2 Å². The number of anilines is 1. The summed E-state index contributed by atoms with van der Waals surface area (Å²) in [5.74, 6) is 1.40. The Morgan fingerprint density at radius 3 is 2.81 bits per heavy atom. The summed E-state index contributed by atoms with van der Waals surface area (Å²) >= 11 is 1.93. The fourth-order valence-corrected chi connectivity index (χ4v) is 6.31. The molecule has 0 saturated carbocycles. The number of hydrogen-bond donors (Lipinski definition) is 0. The van der Waals surface area contributed by atoms with Crippen molar-refractivity contribution in [1.82, 2.24) is 4.90 Å². The van der Waals surface area contributed by atoms with Gasteiger partial charge in [0.1, 0.15) is 5.60 Å². The molecule has 1 fully saturated rings. The molecule has 0 bridgehead atoms. The summed E-state index contributed by atoms with van der Waals surface area (Å²) in [6.45, 7) is 8.25. The van der Waals surface area contributed by atoms with E-state index in [-0.39, 0.29) is 12.0 Å². The van der Waals surface area contributed by atoms with Gasteiger partial charge in [0.15, 0.2) is 0 Å². The molecule has 1 amide bonds. The maximum atomic E-state index is 12.8. The fraction of sp³-hybridized carbons (Fsp3) is 0.462. The van der Waals surface area contributed by atoms with Crippen molar-refractivity contribution in [1.29, 1.82) is 5.26 Å². The molecular formula is C26H29N3O2S. The molecule has 3 aliphatic rings. The predicted molar refractivity (Wildman–Crippen MR) is 128 cm³/mol. The van der Waals surface area contributed by atoms with Gasteiger partial charge in [0.05, 0.1) is 17.3 Å². The van der Waals surface area contributed by atoms with Gasteiger partial charge >= 0.3 is 6.09 Å². The van der Waals surface area contributed by atoms with Gasteiger partial charge in [-0.05, 0) is 80.3 Å². The standard InChI is InChI=1S/C26H29N3O2S/c1-26(2,3)31-25(30)28-10-8-22-21(16-28)20-13-19(18-7-4-6-17(12-18)15-27)14-23-24(20)29(22)9-5-11-32-23/h4,6-7,12-14,21-22H,5,8-11,16H2,1-3H3/t21-,22-/m0/s1. The number of rotatable bonds is 1. The molecule has 5 nitrogen and oxygen atoms in total. The van der Waals surface area contributed by atoms with Crippen LogP contribution in [0.5, 0.6) is 0 Å². The Balaban J connectivity index is 1.54. The number of amides is 1. The molecule has 0 N–H and O–H groups in total. The number of piperidine rings is 1. The third kappa shape index (κ3) is 3.84. The SMILES string of the molecule is CC(C)(C)OC(=O)N1CC[C@H]2[C@@H](C1)c1cc(-c3cccc(C#N)c3)cc3c1N2CCCS3. The smallest absolute Gasteiger partial charge is 0.410 e. The van der Waals surface area contributed by atoms with E-state index in [0.717, 1.165) is 42.8 Å². The number of likely N-dealkylation sites (tertiary alicyclic amines) is 1. The van der Waals surface area contributed by atoms with Crippen molar-refractivity contribution in [2.45, 2.75) is 56.1 Å². The number of benzene rings is 2. The fourth-order valence-electron chi connectivity index (χ4n) is 5.24. The van der Waals surface area contributed by atoms with E-state index < -0.39 is 5.60 Å². The minimum atomic E-state index is -0.489. The van der Waals surface area contributed by atoms with Crippen molar-refractivity contribution in [3.05, 3.63) is 47.5 Å². The van der Waals surface area contributed by atoms with Crippen LogP contribution in [0.2, 0.25) is 0 Å². The Morgan fingerprint density at radius 1 is 1.19 bits per heavy atom. The van der Waals surface area contributed by atoms with E-state index in [1.807, 2.05) is 55.6 Å². The van der Waals surface area contributed by atoms with Gasteiger partial charge in [0.2, 0.25) is 0 Å². The number of nitrogens with zero attached hydrogens (tertiary/aromatic N) is 3. The van der Waals surface area contributed by atoms with Crippen LogP contribution in [0.3, 0.4) is 0 Å². The first-order valence-electron chi connectivity index (χ1n) is 11.4. The molecule has 2 aromatic carbocycles. The minimum Gasteiger partial charge on any atom is -0.444 e. The molecule has 5 rings (SSSR count). The average molecular weight is 448 g/mol. The zero-order chi connectivity index (χ0) is 22.5. The quantitative estimate of drug-likeness (QED) is 0.567. The minimum absolute atomic E-state index is 0.212. The summed E-state index contributed by atoms with van der Waals surface area (Å²) in [6, 6.07) is 15.1. The lowest BCUT2D eigenvalue weighted by Crippen LogP contribution is -2.49. The van der Waals surface area contributed by atoms with E-state index in [0.29, 0.717) is 18.2 Å². The third-order valence-corrected chi connectivity index (χ3v) is 7.66. The zero-order valence-corrected chi connectivity index (χ0v) is 19.7. The number of ether oxygens (including phenoxy) is 1. The predicted octanol–water partition coefficient (Wildman–Crippen LogP) is 5.63. The first-order chi connectivity index (χ1) is 15.3. The maximum Gasteiger partial charge on any atom is 0.410 e. The van der Waals surface area contributed by atoms with E-state index in [1.165, 1.54) is 16.1 Å². The molecule has 32 heavy (non-hydrogen) atoms. The van der Waals surface area contributed by atoms with Crippen LogP contribution in [0.25, 0.3) is 11.1 Å². The Kier molecular flexibility index (Phi) is 5.33. The van der Waals surface area contributed by atoms with Crippen LogP contribution in [0.4, 0.5) is 10.5 Å². The number of hydrogen-bond acceptors (Lipinski definition) is 5. The van der Waals surface area contributed by atoms with Crippen LogP contribution >= 0.6 is 11.8 Å². The third-order valence-electron chi connectivity index (χ3n) is 6.55. The summed E-state index contributed by atoms with van der Waals surface area (Å²) in [5, 5.41) is 9.35. The number of nitriles is 1. The van der Waals surface area contributed by atoms with E-state index in [1.54, 1.807) is 0 Å². The van der Waals surface area contributed by atoms with Crippen molar-refractivity contribution in [2.75, 3.05) is 30.3 Å². The van der Waals surface area contributed by atoms with Gasteiger partial charge in [-0.3, -0.25) is 0 Å². The number of carbonyl (C=O) groups excluding carboxylic acids is 1. The molecule has 6 heteroatoms. The Labute approximate surface area is 194 Å².